The van der Waals surface area contributed by atoms with Gasteiger partial charge in [-0.05, 0) is 19.1 Å². The zero-order chi connectivity index (χ0) is 13.7. The summed E-state index contributed by atoms with van der Waals surface area (Å²) >= 11 is 0. The number of carbonyl (C=O) groups excluding carboxylic acids is 2. The van der Waals surface area contributed by atoms with Crippen LogP contribution >= 0.6 is 0 Å². The summed E-state index contributed by atoms with van der Waals surface area (Å²) < 4.78 is 5.21. The summed E-state index contributed by atoms with van der Waals surface area (Å²) in [6, 6.07) is 3.57. The van der Waals surface area contributed by atoms with Gasteiger partial charge >= 0.3 is 11.8 Å². The Morgan fingerprint density at radius 1 is 1.42 bits per heavy atom. The average molecular weight is 265 g/mol. The van der Waals surface area contributed by atoms with E-state index in [1.807, 2.05) is 6.92 Å². The molecule has 19 heavy (non-hydrogen) atoms. The number of carbonyl (C=O) groups is 2. The molecule has 1 aromatic rings. The molecular weight excluding hydrogens is 246 g/mol. The minimum atomic E-state index is -0.458. The van der Waals surface area contributed by atoms with Gasteiger partial charge in [-0.2, -0.15) is 0 Å². The second-order valence-electron chi connectivity index (χ2n) is 4.44. The molecule has 0 saturated carbocycles. The number of piperazine rings is 1. The quantitative estimate of drug-likeness (QED) is 0.785. The van der Waals surface area contributed by atoms with Gasteiger partial charge in [0.25, 0.3) is 0 Å². The van der Waals surface area contributed by atoms with E-state index >= 15 is 0 Å². The highest BCUT2D eigenvalue weighted by Crippen LogP contribution is 2.07. The van der Waals surface area contributed by atoms with Crippen LogP contribution in [0.5, 0.6) is 0 Å². The molecule has 0 unspecified atom stereocenters. The summed E-state index contributed by atoms with van der Waals surface area (Å²) in [6.07, 6.45) is 1.56. The number of furan rings is 1. The van der Waals surface area contributed by atoms with Crippen LogP contribution in [0.2, 0.25) is 0 Å². The Morgan fingerprint density at radius 3 is 2.74 bits per heavy atom. The van der Waals surface area contributed by atoms with Crippen LogP contribution in [-0.4, -0.2) is 54.3 Å². The third-order valence-electron chi connectivity index (χ3n) is 3.18. The predicted molar refractivity (Wildman–Crippen MR) is 69.2 cm³/mol. The molecule has 1 fully saturated rings. The summed E-state index contributed by atoms with van der Waals surface area (Å²) in [5.41, 5.74) is 0. The van der Waals surface area contributed by atoms with Gasteiger partial charge < -0.3 is 19.5 Å². The highest BCUT2D eigenvalue weighted by molar-refractivity contribution is 6.34. The Bertz CT molecular complexity index is 424. The van der Waals surface area contributed by atoms with E-state index in [4.69, 9.17) is 4.42 Å². The lowest BCUT2D eigenvalue weighted by molar-refractivity contribution is -0.152. The van der Waals surface area contributed by atoms with Crippen molar-refractivity contribution in [3.63, 3.8) is 0 Å². The van der Waals surface area contributed by atoms with E-state index in [0.29, 0.717) is 31.9 Å². The molecule has 1 aliphatic rings. The monoisotopic (exact) mass is 265 g/mol. The molecule has 6 nitrogen and oxygen atoms in total. The van der Waals surface area contributed by atoms with Crippen LogP contribution in [0.4, 0.5) is 0 Å². The van der Waals surface area contributed by atoms with Crippen LogP contribution in [0.15, 0.2) is 22.8 Å². The zero-order valence-electron chi connectivity index (χ0n) is 11.1. The van der Waals surface area contributed by atoms with Crippen LogP contribution in [0, 0.1) is 0 Å². The Balaban J connectivity index is 1.97. The molecular formula is C13H19N3O3. The molecule has 1 saturated heterocycles. The van der Waals surface area contributed by atoms with Crippen LogP contribution in [0.25, 0.3) is 0 Å². The number of rotatable bonds is 3. The van der Waals surface area contributed by atoms with Gasteiger partial charge in [-0.3, -0.25) is 9.59 Å². The smallest absolute Gasteiger partial charge is 0.312 e. The van der Waals surface area contributed by atoms with Crippen molar-refractivity contribution < 1.29 is 14.0 Å². The first-order valence-corrected chi connectivity index (χ1v) is 6.53. The standard InChI is InChI=1S/C13H19N3O3/c1-2-15(10-11-4-3-9-19-11)12(17)13(18)16-7-5-14-6-8-16/h3-4,9,14H,2,5-8,10H2,1H3. The number of likely N-dealkylation sites (N-methyl/N-ethyl adjacent to an activating group) is 1. The van der Waals surface area contributed by atoms with Crippen LogP contribution in [0.3, 0.4) is 0 Å². The van der Waals surface area contributed by atoms with E-state index in [2.05, 4.69) is 5.32 Å². The molecule has 1 aliphatic heterocycles. The topological polar surface area (TPSA) is 65.8 Å². The lowest BCUT2D eigenvalue weighted by Gasteiger charge is -2.29. The number of nitrogens with zero attached hydrogens (tertiary/aromatic N) is 2. The Labute approximate surface area is 112 Å². The first-order chi connectivity index (χ1) is 9.22. The molecule has 1 N–H and O–H groups in total. The highest BCUT2D eigenvalue weighted by atomic mass is 16.3. The molecule has 104 valence electrons. The molecule has 0 aliphatic carbocycles. The zero-order valence-corrected chi connectivity index (χ0v) is 11.1. The first kappa shape index (κ1) is 13.6. The summed E-state index contributed by atoms with van der Waals surface area (Å²) in [4.78, 5) is 27.4. The van der Waals surface area contributed by atoms with Crippen LogP contribution < -0.4 is 5.32 Å². The third kappa shape index (κ3) is 3.35. The molecule has 1 aromatic heterocycles. The van der Waals surface area contributed by atoms with Crippen molar-refractivity contribution in [2.45, 2.75) is 13.5 Å². The second-order valence-corrected chi connectivity index (χ2v) is 4.44. The van der Waals surface area contributed by atoms with Crippen LogP contribution in [0.1, 0.15) is 12.7 Å². The molecule has 0 aromatic carbocycles. The van der Waals surface area contributed by atoms with Crippen molar-refractivity contribution in [1.29, 1.82) is 0 Å². The summed E-state index contributed by atoms with van der Waals surface area (Å²) in [6.45, 7) is 5.32. The maximum Gasteiger partial charge on any atom is 0.312 e. The van der Waals surface area contributed by atoms with E-state index < -0.39 is 11.8 Å². The number of hydrogen-bond donors (Lipinski definition) is 1. The minimum Gasteiger partial charge on any atom is -0.467 e. The second kappa shape index (κ2) is 6.38. The van der Waals surface area contributed by atoms with Crippen molar-refractivity contribution in [3.05, 3.63) is 24.2 Å². The van der Waals surface area contributed by atoms with Gasteiger partial charge in [-0.1, -0.05) is 0 Å². The first-order valence-electron chi connectivity index (χ1n) is 6.53. The van der Waals surface area contributed by atoms with E-state index in [0.717, 1.165) is 13.1 Å². The third-order valence-corrected chi connectivity index (χ3v) is 3.18. The van der Waals surface area contributed by atoms with Gasteiger partial charge in [0.1, 0.15) is 5.76 Å². The van der Waals surface area contributed by atoms with Crippen molar-refractivity contribution in [1.82, 2.24) is 15.1 Å². The Morgan fingerprint density at radius 2 is 2.16 bits per heavy atom. The van der Waals surface area contributed by atoms with Crippen molar-refractivity contribution in [2.24, 2.45) is 0 Å². The minimum absolute atomic E-state index is 0.333. The number of amides is 2. The molecule has 2 amide bonds. The molecule has 2 heterocycles. The molecule has 6 heteroatoms. The number of hydrogen-bond acceptors (Lipinski definition) is 4. The van der Waals surface area contributed by atoms with Gasteiger partial charge in [0, 0.05) is 32.7 Å². The average Bonchev–Trinajstić information content (AvgIpc) is 2.97. The van der Waals surface area contributed by atoms with E-state index in [9.17, 15) is 9.59 Å². The van der Waals surface area contributed by atoms with Crippen LogP contribution in [-0.2, 0) is 16.1 Å². The summed E-state index contributed by atoms with van der Waals surface area (Å²) in [5.74, 6) is -0.195. The molecule has 2 rings (SSSR count). The maximum atomic E-state index is 12.2. The van der Waals surface area contributed by atoms with Gasteiger partial charge in [0.2, 0.25) is 0 Å². The fourth-order valence-corrected chi connectivity index (χ4v) is 2.06. The van der Waals surface area contributed by atoms with Gasteiger partial charge in [-0.25, -0.2) is 0 Å². The molecule has 0 atom stereocenters. The summed E-state index contributed by atoms with van der Waals surface area (Å²) in [7, 11) is 0. The van der Waals surface area contributed by atoms with Crippen molar-refractivity contribution in [3.8, 4) is 0 Å². The number of nitrogens with one attached hydrogen (secondary N) is 1. The molecule has 0 bridgehead atoms. The lowest BCUT2D eigenvalue weighted by atomic mass is 10.3. The highest BCUT2D eigenvalue weighted by Gasteiger charge is 2.27. The Hall–Kier alpha value is -1.82. The van der Waals surface area contributed by atoms with Gasteiger partial charge in [0.05, 0.1) is 12.8 Å². The lowest BCUT2D eigenvalue weighted by Crippen LogP contribution is -2.51. The molecule has 0 radical (unpaired) electrons. The molecule has 0 spiro atoms. The fraction of sp³-hybridized carbons (Fsp3) is 0.538. The fourth-order valence-electron chi connectivity index (χ4n) is 2.06. The van der Waals surface area contributed by atoms with E-state index in [-0.39, 0.29) is 0 Å². The van der Waals surface area contributed by atoms with E-state index in [1.54, 1.807) is 23.3 Å². The summed E-state index contributed by atoms with van der Waals surface area (Å²) in [5, 5.41) is 3.15. The van der Waals surface area contributed by atoms with Gasteiger partial charge in [-0.15, -0.1) is 0 Å². The maximum absolute atomic E-state index is 12.2. The largest absolute Gasteiger partial charge is 0.467 e. The van der Waals surface area contributed by atoms with Crippen molar-refractivity contribution in [2.75, 3.05) is 32.7 Å². The normalized spacial score (nSPS) is 15.3. The van der Waals surface area contributed by atoms with Crippen molar-refractivity contribution >= 4 is 11.8 Å². The Kier molecular flexibility index (Phi) is 4.57. The van der Waals surface area contributed by atoms with E-state index in [1.165, 1.54) is 4.90 Å². The SMILES string of the molecule is CCN(Cc1ccco1)C(=O)C(=O)N1CCNCC1. The van der Waals surface area contributed by atoms with Gasteiger partial charge in [0.15, 0.2) is 0 Å². The predicted octanol–water partition coefficient (Wildman–Crippen LogP) is 0.0599.